The highest BCUT2D eigenvalue weighted by Gasteiger charge is 2.03. The van der Waals surface area contributed by atoms with Gasteiger partial charge in [-0.15, -0.1) is 0 Å². The van der Waals surface area contributed by atoms with Crippen molar-refractivity contribution in [3.05, 3.63) is 60.4 Å². The number of aromatic nitrogens is 1. The molecule has 0 aliphatic heterocycles. The third-order valence-electron chi connectivity index (χ3n) is 2.51. The highest BCUT2D eigenvalue weighted by molar-refractivity contribution is 5.15. The standard InChI is InChI=1S/C13H15N/c1-12(14-9-5-6-10-14)11-13-7-3-2-4-8-13/h2-10,12H,11H2,1H3. The maximum absolute atomic E-state index is 2.24. The molecular weight excluding hydrogens is 170 g/mol. The van der Waals surface area contributed by atoms with Crippen molar-refractivity contribution in [2.75, 3.05) is 0 Å². The Bertz CT molecular complexity index is 361. The summed E-state index contributed by atoms with van der Waals surface area (Å²) in [5.41, 5.74) is 1.40. The van der Waals surface area contributed by atoms with Gasteiger partial charge < -0.3 is 4.57 Å². The number of benzene rings is 1. The minimum Gasteiger partial charge on any atom is -0.351 e. The maximum atomic E-state index is 2.24. The summed E-state index contributed by atoms with van der Waals surface area (Å²) in [4.78, 5) is 0. The molecule has 1 heterocycles. The van der Waals surface area contributed by atoms with Gasteiger partial charge >= 0.3 is 0 Å². The molecule has 1 aromatic carbocycles. The maximum Gasteiger partial charge on any atom is 0.0342 e. The molecule has 2 rings (SSSR count). The smallest absolute Gasteiger partial charge is 0.0342 e. The Labute approximate surface area is 85.0 Å². The van der Waals surface area contributed by atoms with Crippen LogP contribution in [0.2, 0.25) is 0 Å². The quantitative estimate of drug-likeness (QED) is 0.691. The van der Waals surface area contributed by atoms with Crippen LogP contribution in [0.4, 0.5) is 0 Å². The average molecular weight is 185 g/mol. The minimum absolute atomic E-state index is 0.535. The summed E-state index contributed by atoms with van der Waals surface area (Å²) in [5.74, 6) is 0. The molecule has 0 saturated heterocycles. The summed E-state index contributed by atoms with van der Waals surface area (Å²) >= 11 is 0. The summed E-state index contributed by atoms with van der Waals surface area (Å²) in [7, 11) is 0. The lowest BCUT2D eigenvalue weighted by Crippen LogP contribution is -2.05. The molecule has 0 bridgehead atoms. The van der Waals surface area contributed by atoms with E-state index in [0.717, 1.165) is 6.42 Å². The molecule has 1 aromatic heterocycles. The van der Waals surface area contributed by atoms with Crippen LogP contribution in [0.3, 0.4) is 0 Å². The van der Waals surface area contributed by atoms with Crippen molar-refractivity contribution in [2.24, 2.45) is 0 Å². The molecule has 0 saturated carbocycles. The van der Waals surface area contributed by atoms with Crippen LogP contribution < -0.4 is 0 Å². The summed E-state index contributed by atoms with van der Waals surface area (Å²) in [6, 6.07) is 15.3. The molecule has 72 valence electrons. The molecular formula is C13H15N. The predicted octanol–water partition coefficient (Wildman–Crippen LogP) is 3.29. The zero-order valence-electron chi connectivity index (χ0n) is 8.43. The van der Waals surface area contributed by atoms with Gasteiger partial charge in [-0.1, -0.05) is 30.3 Å². The number of nitrogens with zero attached hydrogens (tertiary/aromatic N) is 1. The molecule has 0 aliphatic rings. The number of hydrogen-bond acceptors (Lipinski definition) is 0. The van der Waals surface area contributed by atoms with Crippen molar-refractivity contribution in [1.82, 2.24) is 4.57 Å². The predicted molar refractivity (Wildman–Crippen MR) is 59.3 cm³/mol. The van der Waals surface area contributed by atoms with Gasteiger partial charge in [0.25, 0.3) is 0 Å². The van der Waals surface area contributed by atoms with E-state index in [0.29, 0.717) is 6.04 Å². The van der Waals surface area contributed by atoms with Gasteiger partial charge in [-0.25, -0.2) is 0 Å². The SMILES string of the molecule is CC(Cc1ccccc1)n1cccc1. The Morgan fingerprint density at radius 3 is 2.29 bits per heavy atom. The zero-order valence-corrected chi connectivity index (χ0v) is 8.43. The average Bonchev–Trinajstić information content (AvgIpc) is 2.72. The molecule has 0 radical (unpaired) electrons. The van der Waals surface area contributed by atoms with Gasteiger partial charge in [-0.05, 0) is 31.0 Å². The first-order chi connectivity index (χ1) is 6.86. The van der Waals surface area contributed by atoms with Crippen molar-refractivity contribution in [3.8, 4) is 0 Å². The minimum atomic E-state index is 0.535. The molecule has 1 nitrogen and oxygen atoms in total. The van der Waals surface area contributed by atoms with Crippen molar-refractivity contribution in [1.29, 1.82) is 0 Å². The fourth-order valence-corrected chi connectivity index (χ4v) is 1.70. The largest absolute Gasteiger partial charge is 0.351 e. The molecule has 1 unspecified atom stereocenters. The van der Waals surface area contributed by atoms with E-state index < -0.39 is 0 Å². The van der Waals surface area contributed by atoms with E-state index in [2.05, 4.69) is 66.3 Å². The summed E-state index contributed by atoms with van der Waals surface area (Å²) < 4.78 is 2.24. The van der Waals surface area contributed by atoms with E-state index in [1.54, 1.807) is 0 Å². The van der Waals surface area contributed by atoms with Crippen LogP contribution in [0.1, 0.15) is 18.5 Å². The molecule has 1 heteroatoms. The van der Waals surface area contributed by atoms with Gasteiger partial charge in [0.05, 0.1) is 0 Å². The molecule has 2 aromatic rings. The van der Waals surface area contributed by atoms with Crippen molar-refractivity contribution < 1.29 is 0 Å². The van der Waals surface area contributed by atoms with Crippen LogP contribution in [0, 0.1) is 0 Å². The van der Waals surface area contributed by atoms with Crippen LogP contribution in [-0.2, 0) is 6.42 Å². The van der Waals surface area contributed by atoms with Gasteiger partial charge in [0.1, 0.15) is 0 Å². The van der Waals surface area contributed by atoms with Gasteiger partial charge in [-0.2, -0.15) is 0 Å². The van der Waals surface area contributed by atoms with E-state index in [9.17, 15) is 0 Å². The van der Waals surface area contributed by atoms with Crippen molar-refractivity contribution in [3.63, 3.8) is 0 Å². The number of rotatable bonds is 3. The Morgan fingerprint density at radius 1 is 1.00 bits per heavy atom. The summed E-state index contributed by atoms with van der Waals surface area (Å²) in [5, 5.41) is 0. The van der Waals surface area contributed by atoms with E-state index in [1.807, 2.05) is 0 Å². The van der Waals surface area contributed by atoms with Crippen LogP contribution in [0.5, 0.6) is 0 Å². The molecule has 0 spiro atoms. The summed E-state index contributed by atoms with van der Waals surface area (Å²) in [6.07, 6.45) is 5.33. The Morgan fingerprint density at radius 2 is 1.64 bits per heavy atom. The summed E-state index contributed by atoms with van der Waals surface area (Å²) in [6.45, 7) is 2.24. The van der Waals surface area contributed by atoms with Gasteiger partial charge in [0.2, 0.25) is 0 Å². The first kappa shape index (κ1) is 9.07. The second kappa shape index (κ2) is 4.14. The molecule has 14 heavy (non-hydrogen) atoms. The van der Waals surface area contributed by atoms with Crippen LogP contribution in [-0.4, -0.2) is 4.57 Å². The zero-order chi connectivity index (χ0) is 9.80. The fourth-order valence-electron chi connectivity index (χ4n) is 1.70. The van der Waals surface area contributed by atoms with Gasteiger partial charge in [-0.3, -0.25) is 0 Å². The molecule has 0 fully saturated rings. The molecule has 0 aliphatic carbocycles. The lowest BCUT2D eigenvalue weighted by atomic mass is 10.1. The lowest BCUT2D eigenvalue weighted by Gasteiger charge is -2.13. The topological polar surface area (TPSA) is 4.93 Å². The highest BCUT2D eigenvalue weighted by atomic mass is 15.0. The van der Waals surface area contributed by atoms with Gasteiger partial charge in [0.15, 0.2) is 0 Å². The lowest BCUT2D eigenvalue weighted by molar-refractivity contribution is 0.547. The number of hydrogen-bond donors (Lipinski definition) is 0. The van der Waals surface area contributed by atoms with Crippen LogP contribution >= 0.6 is 0 Å². The fraction of sp³-hybridized carbons (Fsp3) is 0.231. The normalized spacial score (nSPS) is 12.6. The van der Waals surface area contributed by atoms with Gasteiger partial charge in [0, 0.05) is 18.4 Å². The Balaban J connectivity index is 2.06. The molecule has 0 amide bonds. The molecule has 0 N–H and O–H groups in total. The van der Waals surface area contributed by atoms with E-state index in [-0.39, 0.29) is 0 Å². The Kier molecular flexibility index (Phi) is 2.68. The van der Waals surface area contributed by atoms with E-state index in [1.165, 1.54) is 5.56 Å². The third-order valence-corrected chi connectivity index (χ3v) is 2.51. The third kappa shape index (κ3) is 2.05. The van der Waals surface area contributed by atoms with E-state index >= 15 is 0 Å². The van der Waals surface area contributed by atoms with Crippen molar-refractivity contribution >= 4 is 0 Å². The Hall–Kier alpha value is -1.50. The van der Waals surface area contributed by atoms with Crippen LogP contribution in [0.25, 0.3) is 0 Å². The second-order valence-corrected chi connectivity index (χ2v) is 3.67. The first-order valence-corrected chi connectivity index (χ1v) is 5.02. The van der Waals surface area contributed by atoms with E-state index in [4.69, 9.17) is 0 Å². The second-order valence-electron chi connectivity index (χ2n) is 3.67. The first-order valence-electron chi connectivity index (χ1n) is 5.02. The monoisotopic (exact) mass is 185 g/mol. The highest BCUT2D eigenvalue weighted by Crippen LogP contribution is 2.13. The van der Waals surface area contributed by atoms with Crippen LogP contribution in [0.15, 0.2) is 54.9 Å². The van der Waals surface area contributed by atoms with Crippen molar-refractivity contribution in [2.45, 2.75) is 19.4 Å². The molecule has 1 atom stereocenters.